The topological polar surface area (TPSA) is 43.8 Å². The molecule has 0 bridgehead atoms. The molecule has 0 unspecified atom stereocenters. The molecule has 1 N–H and O–H groups in total. The fourth-order valence-electron chi connectivity index (χ4n) is 1.86. The lowest BCUT2D eigenvalue weighted by molar-refractivity contribution is 0.178. The monoisotopic (exact) mass is 206 g/mol. The summed E-state index contributed by atoms with van der Waals surface area (Å²) in [6, 6.07) is 9.20. The van der Waals surface area contributed by atoms with E-state index in [-0.39, 0.29) is 0 Å². The number of nitrogens with zero attached hydrogens (tertiary/aromatic N) is 2. The summed E-state index contributed by atoms with van der Waals surface area (Å²) in [4.78, 5) is 11.2. The number of carboxylic acid groups (broad SMARTS) is 1. The Hall–Kier alpha value is -1.55. The highest BCUT2D eigenvalue weighted by Gasteiger charge is 2.24. The first-order chi connectivity index (χ1) is 7.29. The van der Waals surface area contributed by atoms with Crippen molar-refractivity contribution >= 4 is 11.8 Å². The number of hydrogen-bond acceptors (Lipinski definition) is 2. The van der Waals surface area contributed by atoms with Crippen LogP contribution in [-0.2, 0) is 0 Å². The van der Waals surface area contributed by atoms with E-state index in [9.17, 15) is 9.90 Å². The second kappa shape index (κ2) is 4.31. The summed E-state index contributed by atoms with van der Waals surface area (Å²) in [7, 11) is 0. The molecule has 1 heterocycles. The number of para-hydroxylation sites is 1. The van der Waals surface area contributed by atoms with E-state index in [1.165, 1.54) is 5.01 Å². The summed E-state index contributed by atoms with van der Waals surface area (Å²) in [5.74, 6) is 0. The lowest BCUT2D eigenvalue weighted by Gasteiger charge is -2.28. The van der Waals surface area contributed by atoms with Gasteiger partial charge in [0.05, 0.1) is 5.69 Å². The third kappa shape index (κ3) is 2.10. The average molecular weight is 206 g/mol. The van der Waals surface area contributed by atoms with Crippen LogP contribution >= 0.6 is 0 Å². The van der Waals surface area contributed by atoms with Gasteiger partial charge in [0.2, 0.25) is 0 Å². The molecule has 0 aromatic heterocycles. The van der Waals surface area contributed by atoms with Crippen LogP contribution in [0.2, 0.25) is 0 Å². The molecule has 0 saturated carbocycles. The normalized spacial score (nSPS) is 16.5. The number of rotatable bonds is 2. The molecular weight excluding hydrogens is 192 g/mol. The highest BCUT2D eigenvalue weighted by Crippen LogP contribution is 2.20. The Kier molecular flexibility index (Phi) is 2.87. The maximum Gasteiger partial charge on any atom is 0.426 e. The van der Waals surface area contributed by atoms with E-state index in [0.717, 1.165) is 25.9 Å². The van der Waals surface area contributed by atoms with Crippen LogP contribution < -0.4 is 5.01 Å². The Morgan fingerprint density at radius 1 is 1.20 bits per heavy atom. The highest BCUT2D eigenvalue weighted by atomic mass is 16.4. The van der Waals surface area contributed by atoms with Crippen molar-refractivity contribution in [3.8, 4) is 0 Å². The molecule has 1 aliphatic rings. The molecule has 4 nitrogen and oxygen atoms in total. The third-order valence-corrected chi connectivity index (χ3v) is 2.55. The molecule has 1 aromatic rings. The molecule has 4 heteroatoms. The van der Waals surface area contributed by atoms with E-state index in [2.05, 4.69) is 0 Å². The molecule has 1 aliphatic heterocycles. The van der Waals surface area contributed by atoms with Gasteiger partial charge >= 0.3 is 6.09 Å². The van der Waals surface area contributed by atoms with Crippen LogP contribution in [0.5, 0.6) is 0 Å². The molecule has 0 atom stereocenters. The first-order valence-corrected chi connectivity index (χ1v) is 5.12. The predicted octanol–water partition coefficient (Wildman–Crippen LogP) is 2.18. The highest BCUT2D eigenvalue weighted by molar-refractivity contribution is 5.84. The van der Waals surface area contributed by atoms with Crippen molar-refractivity contribution in [2.75, 3.05) is 18.1 Å². The van der Waals surface area contributed by atoms with E-state index in [1.807, 2.05) is 35.3 Å². The number of anilines is 1. The van der Waals surface area contributed by atoms with Gasteiger partial charge in [-0.25, -0.2) is 14.8 Å². The maximum absolute atomic E-state index is 11.2. The van der Waals surface area contributed by atoms with Gasteiger partial charge in [-0.2, -0.15) is 0 Å². The lowest BCUT2D eigenvalue weighted by Crippen LogP contribution is -2.44. The van der Waals surface area contributed by atoms with Crippen molar-refractivity contribution in [2.45, 2.75) is 12.8 Å². The summed E-state index contributed by atoms with van der Waals surface area (Å²) in [6.45, 7) is 1.64. The molecule has 1 aromatic carbocycles. The molecule has 1 saturated heterocycles. The number of hydrazine groups is 1. The molecule has 0 radical (unpaired) electrons. The lowest BCUT2D eigenvalue weighted by atomic mass is 10.3. The van der Waals surface area contributed by atoms with Gasteiger partial charge in [0.25, 0.3) is 0 Å². The smallest absolute Gasteiger partial charge is 0.426 e. The standard InChI is InChI=1S/C11H14N2O2/c14-11(15)13(12-8-4-5-9-12)10-6-2-1-3-7-10/h1-3,6-7H,4-5,8-9H2,(H,14,15). The van der Waals surface area contributed by atoms with E-state index >= 15 is 0 Å². The van der Waals surface area contributed by atoms with Gasteiger partial charge in [-0.3, -0.25) is 0 Å². The minimum Gasteiger partial charge on any atom is -0.464 e. The third-order valence-electron chi connectivity index (χ3n) is 2.55. The van der Waals surface area contributed by atoms with Crippen LogP contribution in [0.4, 0.5) is 10.5 Å². The zero-order valence-electron chi connectivity index (χ0n) is 8.47. The van der Waals surface area contributed by atoms with Gasteiger partial charge in [-0.1, -0.05) is 18.2 Å². The Bertz CT molecular complexity index is 334. The first-order valence-electron chi connectivity index (χ1n) is 5.12. The van der Waals surface area contributed by atoms with Gasteiger partial charge in [-0.05, 0) is 25.0 Å². The van der Waals surface area contributed by atoms with Crippen molar-refractivity contribution < 1.29 is 9.90 Å². The second-order valence-corrected chi connectivity index (χ2v) is 3.59. The number of benzene rings is 1. The van der Waals surface area contributed by atoms with E-state index in [4.69, 9.17) is 0 Å². The van der Waals surface area contributed by atoms with Gasteiger partial charge in [-0.15, -0.1) is 0 Å². The van der Waals surface area contributed by atoms with E-state index in [0.29, 0.717) is 5.69 Å². The summed E-state index contributed by atoms with van der Waals surface area (Å²) in [5.41, 5.74) is 0.715. The van der Waals surface area contributed by atoms with Crippen molar-refractivity contribution in [3.63, 3.8) is 0 Å². The minimum absolute atomic E-state index is 0.715. The van der Waals surface area contributed by atoms with E-state index < -0.39 is 6.09 Å². The fraction of sp³-hybridized carbons (Fsp3) is 0.364. The summed E-state index contributed by atoms with van der Waals surface area (Å²) >= 11 is 0. The van der Waals surface area contributed by atoms with Gasteiger partial charge in [0.15, 0.2) is 0 Å². The molecule has 1 fully saturated rings. The first kappa shape index (κ1) is 9.98. The van der Waals surface area contributed by atoms with Crippen LogP contribution in [-0.4, -0.2) is 29.3 Å². The number of carbonyl (C=O) groups is 1. The van der Waals surface area contributed by atoms with E-state index in [1.54, 1.807) is 0 Å². The summed E-state index contributed by atoms with van der Waals surface area (Å²) in [5, 5.41) is 12.4. The maximum atomic E-state index is 11.2. The fourth-order valence-corrected chi connectivity index (χ4v) is 1.86. The molecule has 1 amide bonds. The zero-order valence-corrected chi connectivity index (χ0v) is 8.47. The summed E-state index contributed by atoms with van der Waals surface area (Å²) in [6.07, 6.45) is 1.22. The molecule has 80 valence electrons. The SMILES string of the molecule is O=C(O)N(c1ccccc1)N1CCCC1. The molecule has 0 aliphatic carbocycles. The van der Waals surface area contributed by atoms with Crippen molar-refractivity contribution in [1.82, 2.24) is 5.01 Å². The van der Waals surface area contributed by atoms with Crippen molar-refractivity contribution in [1.29, 1.82) is 0 Å². The van der Waals surface area contributed by atoms with Gasteiger partial charge in [0, 0.05) is 13.1 Å². The predicted molar refractivity (Wildman–Crippen MR) is 57.8 cm³/mol. The number of hydrogen-bond donors (Lipinski definition) is 1. The Morgan fingerprint density at radius 2 is 1.80 bits per heavy atom. The van der Waals surface area contributed by atoms with Crippen LogP contribution in [0.15, 0.2) is 30.3 Å². The van der Waals surface area contributed by atoms with Crippen LogP contribution in [0.25, 0.3) is 0 Å². The minimum atomic E-state index is -0.914. The molecular formula is C11H14N2O2. The average Bonchev–Trinajstić information content (AvgIpc) is 2.72. The quantitative estimate of drug-likeness (QED) is 0.806. The molecule has 0 spiro atoms. The Morgan fingerprint density at radius 3 is 2.33 bits per heavy atom. The Labute approximate surface area is 88.7 Å². The number of amides is 1. The molecule has 2 rings (SSSR count). The Balaban J connectivity index is 2.23. The summed E-state index contributed by atoms with van der Waals surface area (Å²) < 4.78 is 0. The van der Waals surface area contributed by atoms with Gasteiger partial charge < -0.3 is 5.11 Å². The van der Waals surface area contributed by atoms with Crippen molar-refractivity contribution in [2.24, 2.45) is 0 Å². The second-order valence-electron chi connectivity index (χ2n) is 3.59. The van der Waals surface area contributed by atoms with Crippen LogP contribution in [0.1, 0.15) is 12.8 Å². The van der Waals surface area contributed by atoms with Crippen LogP contribution in [0.3, 0.4) is 0 Å². The zero-order chi connectivity index (χ0) is 10.7. The molecule has 15 heavy (non-hydrogen) atoms. The van der Waals surface area contributed by atoms with Crippen molar-refractivity contribution in [3.05, 3.63) is 30.3 Å². The largest absolute Gasteiger partial charge is 0.464 e. The van der Waals surface area contributed by atoms with Gasteiger partial charge in [0.1, 0.15) is 0 Å². The van der Waals surface area contributed by atoms with Crippen LogP contribution in [0, 0.1) is 0 Å².